The lowest BCUT2D eigenvalue weighted by molar-refractivity contribution is 0.0000866. The molecule has 0 aromatic heterocycles. The maximum atomic E-state index is 12.5. The van der Waals surface area contributed by atoms with Crippen LogP contribution in [0.5, 0.6) is 0 Å². The van der Waals surface area contributed by atoms with Crippen molar-refractivity contribution in [2.24, 2.45) is 0 Å². The van der Waals surface area contributed by atoms with Gasteiger partial charge in [-0.05, 0) is 57.6 Å². The third kappa shape index (κ3) is 3.18. The molecule has 1 aromatic carbocycles. The number of piperidine rings is 1. The van der Waals surface area contributed by atoms with Gasteiger partial charge in [0.25, 0.3) is 0 Å². The molecule has 2 aliphatic rings. The van der Waals surface area contributed by atoms with Crippen LogP contribution in [-0.2, 0) is 4.74 Å². The Morgan fingerprint density at radius 1 is 1.18 bits per heavy atom. The number of rotatable bonds is 1. The van der Waals surface area contributed by atoms with Crippen molar-refractivity contribution in [3.8, 4) is 0 Å². The van der Waals surface area contributed by atoms with Crippen molar-refractivity contribution in [2.75, 3.05) is 0 Å². The van der Waals surface area contributed by atoms with Crippen LogP contribution >= 0.6 is 0 Å². The van der Waals surface area contributed by atoms with Crippen LogP contribution in [0.2, 0.25) is 0 Å². The van der Waals surface area contributed by atoms with Gasteiger partial charge in [-0.2, -0.15) is 0 Å². The molecule has 1 aromatic rings. The first-order chi connectivity index (χ1) is 10.4. The minimum absolute atomic E-state index is 0.162. The minimum Gasteiger partial charge on any atom is -0.444 e. The lowest BCUT2D eigenvalue weighted by atomic mass is 9.83. The van der Waals surface area contributed by atoms with Gasteiger partial charge in [-0.3, -0.25) is 4.90 Å². The average Bonchev–Trinajstić information content (AvgIpc) is 2.45. The van der Waals surface area contributed by atoms with Gasteiger partial charge in [-0.25, -0.2) is 4.79 Å². The quantitative estimate of drug-likeness (QED) is 0.756. The second kappa shape index (κ2) is 5.79. The van der Waals surface area contributed by atoms with E-state index in [4.69, 9.17) is 4.74 Å². The Labute approximate surface area is 133 Å². The summed E-state index contributed by atoms with van der Waals surface area (Å²) in [4.78, 5) is 14.5. The second-order valence-electron chi connectivity index (χ2n) is 7.30. The van der Waals surface area contributed by atoms with Gasteiger partial charge in [0, 0.05) is 6.04 Å². The molecule has 2 bridgehead atoms. The molecule has 1 saturated heterocycles. The Balaban J connectivity index is 1.84. The molecule has 2 heterocycles. The van der Waals surface area contributed by atoms with E-state index in [-0.39, 0.29) is 18.2 Å². The Kier molecular flexibility index (Phi) is 3.98. The van der Waals surface area contributed by atoms with Gasteiger partial charge in [0.1, 0.15) is 5.60 Å². The highest BCUT2D eigenvalue weighted by Crippen LogP contribution is 2.37. The highest BCUT2D eigenvalue weighted by atomic mass is 16.6. The van der Waals surface area contributed by atoms with Crippen molar-refractivity contribution in [1.82, 2.24) is 4.90 Å². The van der Waals surface area contributed by atoms with Crippen LogP contribution in [0.25, 0.3) is 5.57 Å². The third-order valence-corrected chi connectivity index (χ3v) is 4.39. The molecule has 2 atom stereocenters. The van der Waals surface area contributed by atoms with Crippen LogP contribution in [0.1, 0.15) is 52.0 Å². The fourth-order valence-corrected chi connectivity index (χ4v) is 3.50. The van der Waals surface area contributed by atoms with Gasteiger partial charge >= 0.3 is 6.09 Å². The molecule has 1 fully saturated rings. The monoisotopic (exact) mass is 299 g/mol. The van der Waals surface area contributed by atoms with Gasteiger partial charge in [0.15, 0.2) is 0 Å². The van der Waals surface area contributed by atoms with Crippen LogP contribution < -0.4 is 0 Å². The molecule has 2 aliphatic heterocycles. The van der Waals surface area contributed by atoms with E-state index < -0.39 is 5.60 Å². The SMILES string of the molecule is CC(C)(C)OC(=O)N1C2C=C(c3ccccc3)CC1CCC2. The highest BCUT2D eigenvalue weighted by Gasteiger charge is 2.39. The van der Waals surface area contributed by atoms with Crippen LogP contribution in [0.15, 0.2) is 36.4 Å². The third-order valence-electron chi connectivity index (χ3n) is 4.39. The van der Waals surface area contributed by atoms with Crippen LogP contribution in [0, 0.1) is 0 Å². The maximum Gasteiger partial charge on any atom is 0.411 e. The Hall–Kier alpha value is -1.77. The Morgan fingerprint density at radius 3 is 2.55 bits per heavy atom. The van der Waals surface area contributed by atoms with Crippen molar-refractivity contribution >= 4 is 11.7 Å². The molecule has 3 nitrogen and oxygen atoms in total. The number of nitrogens with zero attached hydrogens (tertiary/aromatic N) is 1. The van der Waals surface area contributed by atoms with Gasteiger partial charge in [-0.15, -0.1) is 0 Å². The van der Waals surface area contributed by atoms with Crippen molar-refractivity contribution in [1.29, 1.82) is 0 Å². The molecule has 3 heteroatoms. The normalized spacial score (nSPS) is 24.7. The van der Waals surface area contributed by atoms with Crippen LogP contribution in [-0.4, -0.2) is 28.7 Å². The summed E-state index contributed by atoms with van der Waals surface area (Å²) in [5.74, 6) is 0. The van der Waals surface area contributed by atoms with E-state index in [1.165, 1.54) is 17.6 Å². The fourth-order valence-electron chi connectivity index (χ4n) is 3.50. The van der Waals surface area contributed by atoms with Crippen LogP contribution in [0.3, 0.4) is 0 Å². The lowest BCUT2D eigenvalue weighted by Crippen LogP contribution is -2.53. The molecule has 0 spiro atoms. The number of carbonyl (C=O) groups excluding carboxylic acids is 1. The smallest absolute Gasteiger partial charge is 0.411 e. The second-order valence-corrected chi connectivity index (χ2v) is 7.30. The molecule has 0 saturated carbocycles. The molecule has 1 amide bonds. The summed E-state index contributed by atoms with van der Waals surface area (Å²) < 4.78 is 5.61. The summed E-state index contributed by atoms with van der Waals surface area (Å²) in [7, 11) is 0. The first-order valence-electron chi connectivity index (χ1n) is 8.21. The maximum absolute atomic E-state index is 12.5. The number of ether oxygens (including phenoxy) is 1. The predicted octanol–water partition coefficient (Wildman–Crippen LogP) is 4.63. The van der Waals surface area contributed by atoms with E-state index in [1.807, 2.05) is 31.7 Å². The molecule has 3 rings (SSSR count). The predicted molar refractivity (Wildman–Crippen MR) is 88.5 cm³/mol. The number of fused-ring (bicyclic) bond motifs is 2. The van der Waals surface area contributed by atoms with Gasteiger partial charge in [0.2, 0.25) is 0 Å². The molecule has 22 heavy (non-hydrogen) atoms. The molecule has 0 N–H and O–H groups in total. The van der Waals surface area contributed by atoms with E-state index in [0.29, 0.717) is 0 Å². The molecule has 118 valence electrons. The largest absolute Gasteiger partial charge is 0.444 e. The molecule has 2 unspecified atom stereocenters. The zero-order valence-corrected chi connectivity index (χ0v) is 13.7. The van der Waals surface area contributed by atoms with Crippen molar-refractivity contribution in [2.45, 2.75) is 64.1 Å². The fraction of sp³-hybridized carbons (Fsp3) is 0.526. The molecular weight excluding hydrogens is 274 g/mol. The lowest BCUT2D eigenvalue weighted by Gasteiger charge is -2.45. The van der Waals surface area contributed by atoms with E-state index in [0.717, 1.165) is 19.3 Å². The number of amides is 1. The standard InChI is InChI=1S/C19H25NO2/c1-19(2,3)22-18(21)20-16-10-7-11-17(20)13-15(12-16)14-8-5-4-6-9-14/h4-6,8-9,12,16-17H,7,10-11,13H2,1-3H3. The van der Waals surface area contributed by atoms with Crippen molar-refractivity contribution in [3.63, 3.8) is 0 Å². The van der Waals surface area contributed by atoms with Crippen molar-refractivity contribution < 1.29 is 9.53 Å². The number of hydrogen-bond donors (Lipinski definition) is 0. The molecule has 0 aliphatic carbocycles. The summed E-state index contributed by atoms with van der Waals surface area (Å²) in [6.45, 7) is 5.78. The Morgan fingerprint density at radius 2 is 1.91 bits per heavy atom. The summed E-state index contributed by atoms with van der Waals surface area (Å²) in [5.41, 5.74) is 2.22. The summed E-state index contributed by atoms with van der Waals surface area (Å²) in [6, 6.07) is 11.0. The van der Waals surface area contributed by atoms with E-state index in [9.17, 15) is 4.79 Å². The first kappa shape index (κ1) is 15.1. The number of benzene rings is 1. The van der Waals surface area contributed by atoms with E-state index in [1.54, 1.807) is 0 Å². The van der Waals surface area contributed by atoms with Crippen molar-refractivity contribution in [3.05, 3.63) is 42.0 Å². The number of carbonyl (C=O) groups is 1. The first-order valence-corrected chi connectivity index (χ1v) is 8.21. The molecule has 0 radical (unpaired) electrons. The Bertz CT molecular complexity index is 571. The summed E-state index contributed by atoms with van der Waals surface area (Å²) in [6.07, 6.45) is 6.33. The zero-order chi connectivity index (χ0) is 15.7. The molecular formula is C19H25NO2. The highest BCUT2D eigenvalue weighted by molar-refractivity contribution is 5.74. The minimum atomic E-state index is -0.436. The van der Waals surface area contributed by atoms with Crippen LogP contribution in [0.4, 0.5) is 4.79 Å². The van der Waals surface area contributed by atoms with E-state index in [2.05, 4.69) is 30.3 Å². The zero-order valence-electron chi connectivity index (χ0n) is 13.7. The van der Waals surface area contributed by atoms with Gasteiger partial charge in [0.05, 0.1) is 6.04 Å². The average molecular weight is 299 g/mol. The van der Waals surface area contributed by atoms with Gasteiger partial charge in [-0.1, -0.05) is 36.4 Å². The summed E-state index contributed by atoms with van der Waals surface area (Å²) in [5, 5.41) is 0. The van der Waals surface area contributed by atoms with E-state index >= 15 is 0 Å². The summed E-state index contributed by atoms with van der Waals surface area (Å²) >= 11 is 0. The topological polar surface area (TPSA) is 29.5 Å². The number of hydrogen-bond acceptors (Lipinski definition) is 2. The van der Waals surface area contributed by atoms with Gasteiger partial charge < -0.3 is 4.74 Å².